The predicted octanol–water partition coefficient (Wildman–Crippen LogP) is -0.430. The van der Waals surface area contributed by atoms with Gasteiger partial charge in [-0.05, 0) is 5.21 Å². The van der Waals surface area contributed by atoms with Crippen molar-refractivity contribution in [3.8, 4) is 0 Å². The van der Waals surface area contributed by atoms with Gasteiger partial charge in [0, 0.05) is 0 Å². The van der Waals surface area contributed by atoms with Crippen LogP contribution in [-0.2, 0) is 6.18 Å². The Morgan fingerprint density at radius 3 is 2.10 bits per heavy atom. The molecule has 0 saturated heterocycles. The summed E-state index contributed by atoms with van der Waals surface area (Å²) in [5.74, 6) is -1.25. The van der Waals surface area contributed by atoms with Crippen molar-refractivity contribution in [1.29, 1.82) is 0 Å². The van der Waals surface area contributed by atoms with Crippen LogP contribution in [0.3, 0.4) is 0 Å². The zero-order chi connectivity index (χ0) is 6.91. The van der Waals surface area contributed by atoms with E-state index in [2.05, 4.69) is 15.4 Å². The maximum absolute atomic E-state index is 11.4. The van der Waals surface area contributed by atoms with E-state index in [4.69, 9.17) is 0 Å². The van der Waals surface area contributed by atoms with E-state index in [1.54, 1.807) is 5.21 Å². The van der Waals surface area contributed by atoms with Crippen LogP contribution in [0, 0.1) is 0 Å². The number of alkyl halides is 3. The Hall–Kier alpha value is -0.140. The number of hydrogen-bond donors (Lipinski definition) is 1. The van der Waals surface area contributed by atoms with Crippen LogP contribution < -0.4 is 0 Å². The van der Waals surface area contributed by atoms with Gasteiger partial charge in [-0.25, -0.2) is 0 Å². The zero-order valence-electron chi connectivity index (χ0n) is 3.98. The Kier molecular flexibility index (Phi) is 3.26. The van der Waals surface area contributed by atoms with Crippen molar-refractivity contribution in [3.63, 3.8) is 0 Å². The molecule has 1 aromatic heterocycles. The van der Waals surface area contributed by atoms with Crippen molar-refractivity contribution >= 4 is 29.6 Å². The normalized spacial score (nSPS) is 10.7. The topological polar surface area (TPSA) is 54.5 Å². The molecule has 0 aromatic carbocycles. The van der Waals surface area contributed by atoms with Crippen LogP contribution >= 0.6 is 0 Å². The van der Waals surface area contributed by atoms with E-state index in [-0.39, 0.29) is 29.6 Å². The van der Waals surface area contributed by atoms with E-state index < -0.39 is 12.0 Å². The number of rotatable bonds is 0. The summed E-state index contributed by atoms with van der Waals surface area (Å²) in [5, 5.41) is 9.85. The van der Waals surface area contributed by atoms with Crippen LogP contribution in [0.25, 0.3) is 0 Å². The van der Waals surface area contributed by atoms with E-state index in [0.717, 1.165) is 0 Å². The van der Waals surface area contributed by atoms with Crippen LogP contribution in [0.2, 0.25) is 0 Å². The summed E-state index contributed by atoms with van der Waals surface area (Å²) < 4.78 is 34.3. The van der Waals surface area contributed by atoms with Crippen molar-refractivity contribution in [1.82, 2.24) is 20.6 Å². The zero-order valence-corrected chi connectivity index (χ0v) is 3.98. The molecule has 0 saturated carbocycles. The average molecular weight is 162 g/mol. The van der Waals surface area contributed by atoms with Gasteiger partial charge in [0.15, 0.2) is 0 Å². The fourth-order valence-electron chi connectivity index (χ4n) is 0.282. The summed E-state index contributed by atoms with van der Waals surface area (Å²) in [6.45, 7) is 0. The van der Waals surface area contributed by atoms with Crippen LogP contribution in [0.4, 0.5) is 13.2 Å². The van der Waals surface area contributed by atoms with Crippen LogP contribution in [0.15, 0.2) is 0 Å². The molecule has 0 radical (unpaired) electrons. The van der Waals surface area contributed by atoms with Gasteiger partial charge in [-0.2, -0.15) is 18.4 Å². The number of tetrazole rings is 1. The standard InChI is InChI=1S/C2HF3N4.Na.H/c3-2(4,5)1-6-8-9-7-1;;/h(H,6,7,8,9);;. The molecule has 1 heterocycles. The number of nitrogens with one attached hydrogen (secondary N) is 1. The second kappa shape index (κ2) is 3.31. The molecule has 0 bridgehead atoms. The van der Waals surface area contributed by atoms with E-state index in [0.29, 0.717) is 0 Å². The maximum atomic E-state index is 11.4. The third-order valence-corrected chi connectivity index (χ3v) is 0.599. The number of aromatic nitrogens is 4. The summed E-state index contributed by atoms with van der Waals surface area (Å²) in [6.07, 6.45) is -4.49. The quantitative estimate of drug-likeness (QED) is 0.526. The average Bonchev–Trinajstić information content (AvgIpc) is 2.08. The molecule has 0 fully saturated rings. The summed E-state index contributed by atoms with van der Waals surface area (Å²) in [4.78, 5) is 0. The Labute approximate surface area is 75.5 Å². The molecule has 1 aromatic rings. The van der Waals surface area contributed by atoms with Gasteiger partial charge in [0.2, 0.25) is 0 Å². The minimum absolute atomic E-state index is 0. The van der Waals surface area contributed by atoms with Gasteiger partial charge in [-0.15, -0.1) is 10.2 Å². The number of halogens is 3. The molecule has 0 aliphatic rings. The third kappa shape index (κ3) is 2.24. The molecule has 1 rings (SSSR count). The third-order valence-electron chi connectivity index (χ3n) is 0.599. The molecule has 0 aliphatic heterocycles. The summed E-state index contributed by atoms with van der Waals surface area (Å²) in [7, 11) is 0. The summed E-state index contributed by atoms with van der Waals surface area (Å²) in [5.41, 5.74) is 0. The Bertz CT molecular complexity index is 181. The van der Waals surface area contributed by atoms with Gasteiger partial charge in [-0.1, -0.05) is 0 Å². The molecular weight excluding hydrogens is 160 g/mol. The van der Waals surface area contributed by atoms with E-state index in [9.17, 15) is 13.2 Å². The van der Waals surface area contributed by atoms with Gasteiger partial charge in [0.05, 0.1) is 0 Å². The van der Waals surface area contributed by atoms with E-state index in [1.807, 2.05) is 0 Å². The van der Waals surface area contributed by atoms with Crippen LogP contribution in [-0.4, -0.2) is 50.2 Å². The SMILES string of the molecule is FC(F)(F)c1nn[nH]n1.[NaH]. The first kappa shape index (κ1) is 9.86. The van der Waals surface area contributed by atoms with Gasteiger partial charge in [0.1, 0.15) is 0 Å². The second-order valence-electron chi connectivity index (χ2n) is 1.23. The first-order valence-electron chi connectivity index (χ1n) is 1.91. The molecule has 10 heavy (non-hydrogen) atoms. The second-order valence-corrected chi connectivity index (χ2v) is 1.23. The molecular formula is C2H2F3N4Na. The minimum atomic E-state index is -4.49. The number of aromatic amines is 1. The Morgan fingerprint density at radius 2 is 1.90 bits per heavy atom. The summed E-state index contributed by atoms with van der Waals surface area (Å²) >= 11 is 0. The van der Waals surface area contributed by atoms with Crippen molar-refractivity contribution in [2.75, 3.05) is 0 Å². The van der Waals surface area contributed by atoms with Gasteiger partial charge in [0.25, 0.3) is 5.82 Å². The van der Waals surface area contributed by atoms with Gasteiger partial charge < -0.3 is 0 Å². The van der Waals surface area contributed by atoms with E-state index in [1.165, 1.54) is 0 Å². The Balaban J connectivity index is 0.000000810. The van der Waals surface area contributed by atoms with Gasteiger partial charge >= 0.3 is 35.7 Å². The predicted molar refractivity (Wildman–Crippen MR) is 26.3 cm³/mol. The molecule has 0 amide bonds. The van der Waals surface area contributed by atoms with Crippen molar-refractivity contribution in [2.24, 2.45) is 0 Å². The number of H-pyrrole nitrogens is 1. The van der Waals surface area contributed by atoms with Crippen LogP contribution in [0.5, 0.6) is 0 Å². The Morgan fingerprint density at radius 1 is 1.30 bits per heavy atom. The summed E-state index contributed by atoms with van der Waals surface area (Å²) in [6, 6.07) is 0. The van der Waals surface area contributed by atoms with Crippen molar-refractivity contribution in [2.45, 2.75) is 6.18 Å². The molecule has 0 spiro atoms. The molecule has 1 N–H and O–H groups in total. The molecule has 0 atom stereocenters. The fraction of sp³-hybridized carbons (Fsp3) is 0.500. The molecule has 0 unspecified atom stereocenters. The first-order chi connectivity index (χ1) is 4.11. The number of nitrogens with zero attached hydrogens (tertiary/aromatic N) is 3. The molecule has 0 aliphatic carbocycles. The number of hydrogen-bond acceptors (Lipinski definition) is 3. The monoisotopic (exact) mass is 162 g/mol. The van der Waals surface area contributed by atoms with Crippen molar-refractivity contribution < 1.29 is 13.2 Å². The molecule has 8 heteroatoms. The molecule has 4 nitrogen and oxygen atoms in total. The van der Waals surface area contributed by atoms with Gasteiger partial charge in [-0.3, -0.25) is 0 Å². The van der Waals surface area contributed by atoms with Crippen LogP contribution in [0.1, 0.15) is 5.82 Å². The van der Waals surface area contributed by atoms with E-state index >= 15 is 0 Å². The first-order valence-corrected chi connectivity index (χ1v) is 1.91. The van der Waals surface area contributed by atoms with Crippen molar-refractivity contribution in [3.05, 3.63) is 5.82 Å². The molecule has 52 valence electrons. The fourth-order valence-corrected chi connectivity index (χ4v) is 0.282.